The molecule has 0 bridgehead atoms. The molecular weight excluding hydrogens is 212 g/mol. The Labute approximate surface area is 103 Å². The third-order valence-electron chi connectivity index (χ3n) is 3.61. The molecule has 0 saturated carbocycles. The zero-order chi connectivity index (χ0) is 12.3. The molecule has 1 aromatic carbocycles. The second-order valence-electron chi connectivity index (χ2n) is 5.20. The lowest BCUT2D eigenvalue weighted by atomic mass is 9.95. The van der Waals surface area contributed by atoms with Crippen LogP contribution in [-0.2, 0) is 5.60 Å². The summed E-state index contributed by atoms with van der Waals surface area (Å²) in [5, 5.41) is 13.9. The number of benzene rings is 1. The molecule has 1 aliphatic heterocycles. The standard InChI is InChI=1S/C14H22N2O/c1-14(17,12-6-4-3-5-7-12)11-16(2)13-8-9-15-10-13/h3-7,13,15,17H,8-11H2,1-2H3. The lowest BCUT2D eigenvalue weighted by Gasteiger charge is -2.32. The van der Waals surface area contributed by atoms with Crippen molar-refractivity contribution in [3.8, 4) is 0 Å². The first kappa shape index (κ1) is 12.6. The van der Waals surface area contributed by atoms with E-state index in [0.29, 0.717) is 12.6 Å². The second-order valence-corrected chi connectivity index (χ2v) is 5.20. The highest BCUT2D eigenvalue weighted by atomic mass is 16.3. The minimum atomic E-state index is -0.779. The maximum atomic E-state index is 10.6. The smallest absolute Gasteiger partial charge is 0.0994 e. The van der Waals surface area contributed by atoms with Crippen molar-refractivity contribution in [2.45, 2.75) is 25.0 Å². The van der Waals surface area contributed by atoms with Gasteiger partial charge in [0.2, 0.25) is 0 Å². The SMILES string of the molecule is CN(CC(C)(O)c1ccccc1)C1CCNC1. The van der Waals surface area contributed by atoms with Crippen LogP contribution in [0.2, 0.25) is 0 Å². The lowest BCUT2D eigenvalue weighted by Crippen LogP contribution is -2.43. The van der Waals surface area contributed by atoms with Gasteiger partial charge in [0.05, 0.1) is 5.60 Å². The Kier molecular flexibility index (Phi) is 3.82. The molecule has 0 aliphatic carbocycles. The molecule has 0 radical (unpaired) electrons. The summed E-state index contributed by atoms with van der Waals surface area (Å²) in [5.41, 5.74) is 0.205. The van der Waals surface area contributed by atoms with E-state index in [2.05, 4.69) is 17.3 Å². The van der Waals surface area contributed by atoms with Gasteiger partial charge in [-0.1, -0.05) is 30.3 Å². The Balaban J connectivity index is 2.01. The number of rotatable bonds is 4. The summed E-state index contributed by atoms with van der Waals surface area (Å²) in [6.45, 7) is 4.68. The number of nitrogens with one attached hydrogen (secondary N) is 1. The number of hydrogen-bond acceptors (Lipinski definition) is 3. The molecular formula is C14H22N2O. The Hall–Kier alpha value is -0.900. The molecule has 0 aromatic heterocycles. The van der Waals surface area contributed by atoms with Crippen LogP contribution in [0.1, 0.15) is 18.9 Å². The molecule has 1 aromatic rings. The van der Waals surface area contributed by atoms with Crippen molar-refractivity contribution in [3.63, 3.8) is 0 Å². The third kappa shape index (κ3) is 3.06. The van der Waals surface area contributed by atoms with E-state index in [-0.39, 0.29) is 0 Å². The van der Waals surface area contributed by atoms with Crippen molar-refractivity contribution in [3.05, 3.63) is 35.9 Å². The van der Waals surface area contributed by atoms with Gasteiger partial charge in [-0.3, -0.25) is 4.90 Å². The fraction of sp³-hybridized carbons (Fsp3) is 0.571. The van der Waals surface area contributed by atoms with Gasteiger partial charge in [0.15, 0.2) is 0 Å². The van der Waals surface area contributed by atoms with Gasteiger partial charge in [0.1, 0.15) is 0 Å². The fourth-order valence-electron chi connectivity index (χ4n) is 2.52. The number of hydrogen-bond donors (Lipinski definition) is 2. The first-order chi connectivity index (χ1) is 8.09. The van der Waals surface area contributed by atoms with Crippen LogP contribution < -0.4 is 5.32 Å². The van der Waals surface area contributed by atoms with Crippen molar-refractivity contribution in [2.75, 3.05) is 26.7 Å². The Morgan fingerprint density at radius 3 is 2.71 bits per heavy atom. The summed E-state index contributed by atoms with van der Waals surface area (Å²) in [7, 11) is 2.09. The summed E-state index contributed by atoms with van der Waals surface area (Å²) >= 11 is 0. The minimum Gasteiger partial charge on any atom is -0.384 e. The number of nitrogens with zero attached hydrogens (tertiary/aromatic N) is 1. The Bertz CT molecular complexity index is 344. The maximum Gasteiger partial charge on any atom is 0.0994 e. The van der Waals surface area contributed by atoms with Crippen LogP contribution in [0.25, 0.3) is 0 Å². The zero-order valence-electron chi connectivity index (χ0n) is 10.7. The monoisotopic (exact) mass is 234 g/mol. The van der Waals surface area contributed by atoms with E-state index in [9.17, 15) is 5.11 Å². The van der Waals surface area contributed by atoms with Crippen LogP contribution in [0.3, 0.4) is 0 Å². The highest BCUT2D eigenvalue weighted by Crippen LogP contribution is 2.22. The van der Waals surface area contributed by atoms with Crippen molar-refractivity contribution in [1.29, 1.82) is 0 Å². The maximum absolute atomic E-state index is 10.6. The molecule has 0 spiro atoms. The van der Waals surface area contributed by atoms with E-state index in [1.807, 2.05) is 37.3 Å². The van der Waals surface area contributed by atoms with Crippen LogP contribution in [0.4, 0.5) is 0 Å². The molecule has 0 amide bonds. The molecule has 2 atom stereocenters. The van der Waals surface area contributed by atoms with Gasteiger partial charge in [-0.2, -0.15) is 0 Å². The molecule has 17 heavy (non-hydrogen) atoms. The first-order valence-electron chi connectivity index (χ1n) is 6.28. The highest BCUT2D eigenvalue weighted by Gasteiger charge is 2.28. The topological polar surface area (TPSA) is 35.5 Å². The van der Waals surface area contributed by atoms with Gasteiger partial charge in [0, 0.05) is 19.1 Å². The van der Waals surface area contributed by atoms with Crippen molar-refractivity contribution in [2.24, 2.45) is 0 Å². The van der Waals surface area contributed by atoms with E-state index < -0.39 is 5.60 Å². The van der Waals surface area contributed by atoms with Crippen LogP contribution in [0.5, 0.6) is 0 Å². The second kappa shape index (κ2) is 5.17. The molecule has 3 nitrogen and oxygen atoms in total. The predicted molar refractivity (Wildman–Crippen MR) is 69.9 cm³/mol. The van der Waals surface area contributed by atoms with E-state index in [1.165, 1.54) is 6.42 Å². The van der Waals surface area contributed by atoms with Crippen molar-refractivity contribution >= 4 is 0 Å². The van der Waals surface area contributed by atoms with Crippen LogP contribution in [0.15, 0.2) is 30.3 Å². The lowest BCUT2D eigenvalue weighted by molar-refractivity contribution is 0.0136. The molecule has 1 saturated heterocycles. The normalized spacial score (nSPS) is 23.9. The average molecular weight is 234 g/mol. The van der Waals surface area contributed by atoms with E-state index in [4.69, 9.17) is 0 Å². The van der Waals surface area contributed by atoms with Gasteiger partial charge in [0.25, 0.3) is 0 Å². The summed E-state index contributed by atoms with van der Waals surface area (Å²) in [6, 6.07) is 10.4. The molecule has 3 heteroatoms. The Morgan fingerprint density at radius 2 is 2.12 bits per heavy atom. The van der Waals surface area contributed by atoms with Gasteiger partial charge >= 0.3 is 0 Å². The van der Waals surface area contributed by atoms with E-state index in [1.54, 1.807) is 0 Å². The predicted octanol–water partition coefficient (Wildman–Crippen LogP) is 1.19. The quantitative estimate of drug-likeness (QED) is 0.821. The fourth-order valence-corrected chi connectivity index (χ4v) is 2.52. The molecule has 1 fully saturated rings. The molecule has 1 aliphatic rings. The van der Waals surface area contributed by atoms with Gasteiger partial charge in [-0.15, -0.1) is 0 Å². The minimum absolute atomic E-state index is 0.546. The van der Waals surface area contributed by atoms with E-state index >= 15 is 0 Å². The van der Waals surface area contributed by atoms with Crippen molar-refractivity contribution < 1.29 is 5.11 Å². The summed E-state index contributed by atoms with van der Waals surface area (Å²) < 4.78 is 0. The van der Waals surface area contributed by atoms with E-state index in [0.717, 1.165) is 18.7 Å². The largest absolute Gasteiger partial charge is 0.384 e. The Morgan fingerprint density at radius 1 is 1.41 bits per heavy atom. The summed E-state index contributed by atoms with van der Waals surface area (Å²) in [5.74, 6) is 0. The van der Waals surface area contributed by atoms with Crippen LogP contribution >= 0.6 is 0 Å². The van der Waals surface area contributed by atoms with Crippen molar-refractivity contribution in [1.82, 2.24) is 10.2 Å². The first-order valence-corrected chi connectivity index (χ1v) is 6.28. The molecule has 2 unspecified atom stereocenters. The summed E-state index contributed by atoms with van der Waals surface area (Å²) in [6.07, 6.45) is 1.17. The molecule has 94 valence electrons. The third-order valence-corrected chi connectivity index (χ3v) is 3.61. The van der Waals surface area contributed by atoms with Gasteiger partial charge in [-0.05, 0) is 32.5 Å². The molecule has 1 heterocycles. The molecule has 2 N–H and O–H groups in total. The number of aliphatic hydroxyl groups is 1. The number of likely N-dealkylation sites (N-methyl/N-ethyl adjacent to an activating group) is 1. The highest BCUT2D eigenvalue weighted by molar-refractivity contribution is 5.21. The summed E-state index contributed by atoms with van der Waals surface area (Å²) in [4.78, 5) is 2.26. The van der Waals surface area contributed by atoms with Crippen LogP contribution in [-0.4, -0.2) is 42.7 Å². The zero-order valence-corrected chi connectivity index (χ0v) is 10.7. The van der Waals surface area contributed by atoms with Gasteiger partial charge < -0.3 is 10.4 Å². The van der Waals surface area contributed by atoms with Crippen LogP contribution in [0, 0.1) is 0 Å². The van der Waals surface area contributed by atoms with Gasteiger partial charge in [-0.25, -0.2) is 0 Å². The average Bonchev–Trinajstić information content (AvgIpc) is 2.83. The molecule has 2 rings (SSSR count).